The molecule has 6 nitrogen and oxygen atoms in total. The fourth-order valence-electron chi connectivity index (χ4n) is 2.93. The van der Waals surface area contributed by atoms with E-state index >= 15 is 0 Å². The average Bonchev–Trinajstić information content (AvgIpc) is 2.86. The number of carbonyl (C=O) groups is 1. The van der Waals surface area contributed by atoms with Crippen molar-refractivity contribution >= 4 is 5.91 Å². The Morgan fingerprint density at radius 2 is 2.32 bits per heavy atom. The lowest BCUT2D eigenvalue weighted by Gasteiger charge is -2.46. The number of rotatable bonds is 3. The number of carbonyl (C=O) groups excluding carboxylic acids is 1. The van der Waals surface area contributed by atoms with Crippen molar-refractivity contribution < 1.29 is 4.79 Å². The van der Waals surface area contributed by atoms with Crippen molar-refractivity contribution in [3.63, 3.8) is 0 Å². The Morgan fingerprint density at radius 3 is 2.95 bits per heavy atom. The first-order chi connectivity index (χ1) is 8.93. The Morgan fingerprint density at radius 1 is 1.58 bits per heavy atom. The van der Waals surface area contributed by atoms with Crippen LogP contribution in [0.2, 0.25) is 0 Å². The van der Waals surface area contributed by atoms with E-state index in [4.69, 9.17) is 5.73 Å². The predicted molar refractivity (Wildman–Crippen MR) is 71.9 cm³/mol. The fraction of sp³-hybridized carbons (Fsp3) is 0.769. The van der Waals surface area contributed by atoms with Gasteiger partial charge in [-0.1, -0.05) is 20.8 Å². The quantitative estimate of drug-likeness (QED) is 0.753. The van der Waals surface area contributed by atoms with E-state index in [2.05, 4.69) is 41.3 Å². The summed E-state index contributed by atoms with van der Waals surface area (Å²) >= 11 is 0. The van der Waals surface area contributed by atoms with Gasteiger partial charge in [0.1, 0.15) is 12.2 Å². The van der Waals surface area contributed by atoms with Crippen molar-refractivity contribution in [2.45, 2.75) is 46.2 Å². The third-order valence-corrected chi connectivity index (χ3v) is 4.71. The molecule has 1 heterocycles. The molecule has 0 saturated heterocycles. The zero-order chi connectivity index (χ0) is 14.0. The highest BCUT2D eigenvalue weighted by Crippen LogP contribution is 2.44. The van der Waals surface area contributed by atoms with Crippen LogP contribution >= 0.6 is 0 Å². The number of aromatic nitrogens is 3. The topological polar surface area (TPSA) is 96.7 Å². The van der Waals surface area contributed by atoms with Crippen LogP contribution in [-0.4, -0.2) is 27.1 Å². The monoisotopic (exact) mass is 265 g/mol. The maximum absolute atomic E-state index is 12.3. The Balaban J connectivity index is 1.98. The molecule has 3 atom stereocenters. The van der Waals surface area contributed by atoms with Gasteiger partial charge in [0.25, 0.3) is 0 Å². The van der Waals surface area contributed by atoms with Gasteiger partial charge in [-0.05, 0) is 24.2 Å². The Hall–Kier alpha value is -1.43. The van der Waals surface area contributed by atoms with E-state index in [0.29, 0.717) is 18.3 Å². The Labute approximate surface area is 113 Å². The molecule has 0 spiro atoms. The number of hydrogen-bond acceptors (Lipinski definition) is 4. The van der Waals surface area contributed by atoms with Crippen LogP contribution in [-0.2, 0) is 11.3 Å². The number of nitrogens with zero attached hydrogens (tertiary/aromatic N) is 2. The molecule has 2 rings (SSSR count). The zero-order valence-corrected chi connectivity index (χ0v) is 11.8. The first kappa shape index (κ1) is 14.0. The number of hydrogen-bond donors (Lipinski definition) is 3. The van der Waals surface area contributed by atoms with Gasteiger partial charge in [-0.25, -0.2) is 4.98 Å². The van der Waals surface area contributed by atoms with Gasteiger partial charge in [0, 0.05) is 12.0 Å². The summed E-state index contributed by atoms with van der Waals surface area (Å²) < 4.78 is 0. The van der Waals surface area contributed by atoms with Gasteiger partial charge < -0.3 is 11.1 Å². The van der Waals surface area contributed by atoms with E-state index in [1.807, 2.05) is 0 Å². The Kier molecular flexibility index (Phi) is 3.89. The second kappa shape index (κ2) is 5.28. The molecule has 0 bridgehead atoms. The summed E-state index contributed by atoms with van der Waals surface area (Å²) in [5.41, 5.74) is 6.03. The summed E-state index contributed by atoms with van der Waals surface area (Å²) in [6.07, 6.45) is 3.19. The normalized spacial score (nSPS) is 30.0. The lowest BCUT2D eigenvalue weighted by molar-refractivity contribution is -0.132. The van der Waals surface area contributed by atoms with Crippen LogP contribution in [0.5, 0.6) is 0 Å². The number of nitrogens with two attached hydrogens (primary N) is 1. The minimum Gasteiger partial charge on any atom is -0.349 e. The van der Waals surface area contributed by atoms with Crippen molar-refractivity contribution in [2.24, 2.45) is 23.0 Å². The molecule has 1 aliphatic carbocycles. The minimum absolute atomic E-state index is 0.00483. The molecule has 1 aromatic heterocycles. The van der Waals surface area contributed by atoms with E-state index in [0.717, 1.165) is 12.8 Å². The van der Waals surface area contributed by atoms with E-state index in [-0.39, 0.29) is 23.3 Å². The number of nitrogens with one attached hydrogen (secondary N) is 2. The standard InChI is InChI=1S/C13H23N5O/c1-8-10(14)5-4-9(13(8,2)3)12(19)15-6-11-16-7-17-18-11/h7-10H,4-6,14H2,1-3H3,(H,15,19)(H,16,17,18). The van der Waals surface area contributed by atoms with Gasteiger partial charge in [-0.3, -0.25) is 9.89 Å². The molecule has 1 amide bonds. The van der Waals surface area contributed by atoms with Crippen LogP contribution in [0.3, 0.4) is 0 Å². The molecule has 1 aliphatic rings. The summed E-state index contributed by atoms with van der Waals surface area (Å²) in [7, 11) is 0. The Bertz CT molecular complexity index is 428. The molecular formula is C13H23N5O. The largest absolute Gasteiger partial charge is 0.349 e. The second-order valence-electron chi connectivity index (χ2n) is 6.05. The maximum atomic E-state index is 12.3. The lowest BCUT2D eigenvalue weighted by Crippen LogP contribution is -2.51. The number of H-pyrrole nitrogens is 1. The van der Waals surface area contributed by atoms with E-state index < -0.39 is 0 Å². The summed E-state index contributed by atoms with van der Waals surface area (Å²) in [5, 5.41) is 9.43. The molecule has 106 valence electrons. The molecule has 1 aromatic rings. The van der Waals surface area contributed by atoms with Gasteiger partial charge in [-0.2, -0.15) is 5.10 Å². The highest BCUT2D eigenvalue weighted by atomic mass is 16.1. The second-order valence-corrected chi connectivity index (χ2v) is 6.05. The summed E-state index contributed by atoms with van der Waals surface area (Å²) in [4.78, 5) is 16.3. The van der Waals surface area contributed by atoms with Crippen LogP contribution in [0.4, 0.5) is 0 Å². The van der Waals surface area contributed by atoms with Gasteiger partial charge in [0.05, 0.1) is 6.54 Å². The van der Waals surface area contributed by atoms with Crippen LogP contribution in [0.1, 0.15) is 39.4 Å². The van der Waals surface area contributed by atoms with Crippen LogP contribution in [0.25, 0.3) is 0 Å². The highest BCUT2D eigenvalue weighted by molar-refractivity contribution is 5.79. The molecule has 0 aromatic carbocycles. The van der Waals surface area contributed by atoms with Crippen molar-refractivity contribution in [2.75, 3.05) is 0 Å². The van der Waals surface area contributed by atoms with Crippen molar-refractivity contribution in [1.82, 2.24) is 20.5 Å². The smallest absolute Gasteiger partial charge is 0.224 e. The predicted octanol–water partition coefficient (Wildman–Crippen LogP) is 0.821. The lowest BCUT2D eigenvalue weighted by atomic mass is 9.61. The number of aromatic amines is 1. The molecule has 1 fully saturated rings. The molecule has 19 heavy (non-hydrogen) atoms. The first-order valence-corrected chi connectivity index (χ1v) is 6.80. The zero-order valence-electron chi connectivity index (χ0n) is 11.8. The van der Waals surface area contributed by atoms with Crippen molar-refractivity contribution in [3.8, 4) is 0 Å². The number of amides is 1. The summed E-state index contributed by atoms with van der Waals surface area (Å²) in [6, 6.07) is 0.188. The SMILES string of the molecule is CC1C(N)CCC(C(=O)NCc2ncn[nH]2)C1(C)C. The van der Waals surface area contributed by atoms with Crippen molar-refractivity contribution in [1.29, 1.82) is 0 Å². The van der Waals surface area contributed by atoms with E-state index in [1.54, 1.807) is 0 Å². The van der Waals surface area contributed by atoms with Gasteiger partial charge >= 0.3 is 0 Å². The van der Waals surface area contributed by atoms with E-state index in [1.165, 1.54) is 6.33 Å². The minimum atomic E-state index is -0.0802. The van der Waals surface area contributed by atoms with Crippen LogP contribution in [0, 0.1) is 17.3 Å². The third-order valence-electron chi connectivity index (χ3n) is 4.71. The van der Waals surface area contributed by atoms with Crippen LogP contribution in [0.15, 0.2) is 6.33 Å². The maximum Gasteiger partial charge on any atom is 0.224 e. The molecule has 1 saturated carbocycles. The molecule has 6 heteroatoms. The van der Waals surface area contributed by atoms with E-state index in [9.17, 15) is 4.79 Å². The summed E-state index contributed by atoms with van der Waals surface area (Å²) in [6.45, 7) is 6.80. The average molecular weight is 265 g/mol. The van der Waals surface area contributed by atoms with Gasteiger partial charge in [0.15, 0.2) is 0 Å². The van der Waals surface area contributed by atoms with Crippen molar-refractivity contribution in [3.05, 3.63) is 12.2 Å². The third kappa shape index (κ3) is 2.78. The molecular weight excluding hydrogens is 242 g/mol. The first-order valence-electron chi connectivity index (χ1n) is 6.80. The molecule has 4 N–H and O–H groups in total. The van der Waals surface area contributed by atoms with Gasteiger partial charge in [0.2, 0.25) is 5.91 Å². The molecule has 0 aliphatic heterocycles. The molecule has 3 unspecified atom stereocenters. The van der Waals surface area contributed by atoms with Gasteiger partial charge in [-0.15, -0.1) is 0 Å². The summed E-state index contributed by atoms with van der Waals surface area (Å²) in [5.74, 6) is 1.10. The van der Waals surface area contributed by atoms with Crippen LogP contribution < -0.4 is 11.1 Å². The molecule has 0 radical (unpaired) electrons. The highest BCUT2D eigenvalue weighted by Gasteiger charge is 2.44. The fourth-order valence-corrected chi connectivity index (χ4v) is 2.93.